The minimum Gasteiger partial charge on any atom is -0.310 e. The maximum absolute atomic E-state index is 12.6. The molecule has 2 aromatic heterocycles. The van der Waals surface area contributed by atoms with Gasteiger partial charge < -0.3 is 5.32 Å². The van der Waals surface area contributed by atoms with E-state index in [1.165, 1.54) is 11.8 Å². The number of carbonyl (C=O) groups is 1. The molecule has 1 N–H and O–H groups in total. The molecule has 0 atom stereocenters. The number of carbonyl (C=O) groups excluding carboxylic acids is 1. The molecule has 164 valence electrons. The van der Waals surface area contributed by atoms with Gasteiger partial charge in [-0.25, -0.2) is 4.68 Å². The van der Waals surface area contributed by atoms with Gasteiger partial charge in [-0.1, -0.05) is 53.2 Å². The van der Waals surface area contributed by atoms with E-state index in [-0.39, 0.29) is 17.7 Å². The molecule has 0 radical (unpaired) electrons. The summed E-state index contributed by atoms with van der Waals surface area (Å²) < 4.78 is 3.64. The number of thioether (sulfide) groups is 1. The van der Waals surface area contributed by atoms with Crippen LogP contribution in [0.1, 0.15) is 19.9 Å². The van der Waals surface area contributed by atoms with Crippen LogP contribution in [-0.4, -0.2) is 36.2 Å². The van der Waals surface area contributed by atoms with Crippen LogP contribution in [0.15, 0.2) is 66.0 Å². The molecule has 0 spiro atoms. The van der Waals surface area contributed by atoms with E-state index >= 15 is 0 Å². The lowest BCUT2D eigenvalue weighted by molar-refractivity contribution is -0.113. The molecular weight excluding hydrogens is 467 g/mol. The molecule has 4 aromatic rings. The number of hydrogen-bond acceptors (Lipinski definition) is 5. The van der Waals surface area contributed by atoms with E-state index in [9.17, 15) is 4.79 Å². The minimum atomic E-state index is -0.161. The Labute approximate surface area is 199 Å². The molecule has 0 saturated heterocycles. The van der Waals surface area contributed by atoms with Gasteiger partial charge in [0.2, 0.25) is 5.91 Å². The van der Waals surface area contributed by atoms with Crippen molar-refractivity contribution in [3.63, 3.8) is 0 Å². The third-order valence-corrected chi connectivity index (χ3v) is 6.06. The Bertz CT molecular complexity index is 1240. The van der Waals surface area contributed by atoms with Crippen LogP contribution in [0.4, 0.5) is 5.82 Å². The van der Waals surface area contributed by atoms with Crippen LogP contribution in [0, 0.1) is 0 Å². The topological polar surface area (TPSA) is 77.6 Å². The molecule has 2 aromatic carbocycles. The second-order valence-electron chi connectivity index (χ2n) is 7.19. The number of benzene rings is 2. The fraction of sp³-hybridized carbons (Fsp3) is 0.182. The second kappa shape index (κ2) is 9.77. The summed E-state index contributed by atoms with van der Waals surface area (Å²) in [5.41, 5.74) is 1.56. The van der Waals surface area contributed by atoms with Gasteiger partial charge in [0, 0.05) is 28.4 Å². The molecule has 0 unspecified atom stereocenters. The first-order valence-corrected chi connectivity index (χ1v) is 11.6. The third-order valence-electron chi connectivity index (χ3n) is 4.58. The molecule has 0 bridgehead atoms. The van der Waals surface area contributed by atoms with Crippen LogP contribution in [-0.2, 0) is 4.79 Å². The average Bonchev–Trinajstić information content (AvgIpc) is 3.40. The van der Waals surface area contributed by atoms with Crippen molar-refractivity contribution in [2.75, 3.05) is 11.1 Å². The van der Waals surface area contributed by atoms with Crippen LogP contribution in [0.25, 0.3) is 17.1 Å². The molecule has 0 saturated carbocycles. The van der Waals surface area contributed by atoms with Crippen LogP contribution in [0.3, 0.4) is 0 Å². The number of nitrogens with one attached hydrogen (secondary N) is 1. The fourth-order valence-corrected chi connectivity index (χ4v) is 4.40. The van der Waals surface area contributed by atoms with Gasteiger partial charge >= 0.3 is 0 Å². The number of halogens is 2. The van der Waals surface area contributed by atoms with Gasteiger partial charge in [0.05, 0.1) is 17.0 Å². The van der Waals surface area contributed by atoms with Crippen molar-refractivity contribution in [1.82, 2.24) is 24.5 Å². The zero-order valence-electron chi connectivity index (χ0n) is 17.4. The van der Waals surface area contributed by atoms with E-state index in [2.05, 4.69) is 20.6 Å². The predicted octanol–water partition coefficient (Wildman–Crippen LogP) is 5.75. The van der Waals surface area contributed by atoms with Gasteiger partial charge in [0.1, 0.15) is 5.82 Å². The van der Waals surface area contributed by atoms with Crippen molar-refractivity contribution < 1.29 is 4.79 Å². The Hall–Kier alpha value is -2.81. The Kier molecular flexibility index (Phi) is 6.83. The highest BCUT2D eigenvalue weighted by Gasteiger charge is 2.19. The van der Waals surface area contributed by atoms with E-state index < -0.39 is 0 Å². The first-order valence-electron chi connectivity index (χ1n) is 9.86. The summed E-state index contributed by atoms with van der Waals surface area (Å²) in [6, 6.07) is 16.8. The molecule has 0 aliphatic rings. The summed E-state index contributed by atoms with van der Waals surface area (Å²) in [6.07, 6.45) is 1.66. The van der Waals surface area contributed by atoms with Gasteiger partial charge in [0.25, 0.3) is 0 Å². The highest BCUT2D eigenvalue weighted by atomic mass is 35.5. The van der Waals surface area contributed by atoms with E-state index in [0.717, 1.165) is 5.69 Å². The fourth-order valence-electron chi connectivity index (χ4n) is 3.15. The maximum atomic E-state index is 12.6. The normalized spacial score (nSPS) is 11.2. The van der Waals surface area contributed by atoms with Gasteiger partial charge in [-0.3, -0.25) is 9.36 Å². The minimum absolute atomic E-state index is 0.140. The van der Waals surface area contributed by atoms with Gasteiger partial charge in [-0.05, 0) is 44.2 Å². The molecule has 4 rings (SSSR count). The molecular formula is C22H20Cl2N6OS. The molecule has 0 fully saturated rings. The largest absolute Gasteiger partial charge is 0.310 e. The molecule has 2 heterocycles. The van der Waals surface area contributed by atoms with Crippen molar-refractivity contribution in [2.45, 2.75) is 25.0 Å². The summed E-state index contributed by atoms with van der Waals surface area (Å²) in [6.45, 7) is 4.01. The first-order chi connectivity index (χ1) is 15.4. The highest BCUT2D eigenvalue weighted by Crippen LogP contribution is 2.33. The molecule has 10 heteroatoms. The summed E-state index contributed by atoms with van der Waals surface area (Å²) in [7, 11) is 0. The van der Waals surface area contributed by atoms with Crippen molar-refractivity contribution in [3.8, 4) is 17.1 Å². The van der Waals surface area contributed by atoms with Crippen molar-refractivity contribution in [2.24, 2.45) is 0 Å². The quantitative estimate of drug-likeness (QED) is 0.336. The number of hydrogen-bond donors (Lipinski definition) is 1. The number of aromatic nitrogens is 5. The lowest BCUT2D eigenvalue weighted by Crippen LogP contribution is -2.18. The standard InChI is InChI=1S/C22H20Cl2N6OS/c1-14(2)30-19(10-11-25-30)26-20(31)13-32-22-28-27-21(17-9-8-15(23)12-18(17)24)29(22)16-6-4-3-5-7-16/h3-12,14H,13H2,1-2H3,(H,26,31). The molecule has 1 amide bonds. The lowest BCUT2D eigenvalue weighted by Gasteiger charge is -2.12. The van der Waals surface area contributed by atoms with Crippen LogP contribution in [0.5, 0.6) is 0 Å². The van der Waals surface area contributed by atoms with Crippen molar-refractivity contribution in [1.29, 1.82) is 0 Å². The molecule has 0 aliphatic carbocycles. The maximum Gasteiger partial charge on any atom is 0.235 e. The second-order valence-corrected chi connectivity index (χ2v) is 8.98. The monoisotopic (exact) mass is 486 g/mol. The smallest absolute Gasteiger partial charge is 0.235 e. The predicted molar refractivity (Wildman–Crippen MR) is 129 cm³/mol. The summed E-state index contributed by atoms with van der Waals surface area (Å²) in [5.74, 6) is 1.22. The zero-order chi connectivity index (χ0) is 22.7. The zero-order valence-corrected chi connectivity index (χ0v) is 19.7. The third kappa shape index (κ3) is 4.82. The van der Waals surface area contributed by atoms with E-state index in [1.54, 1.807) is 29.1 Å². The number of nitrogens with zero attached hydrogens (tertiary/aromatic N) is 5. The number of rotatable bonds is 7. The Morgan fingerprint density at radius 3 is 2.59 bits per heavy atom. The van der Waals surface area contributed by atoms with Crippen LogP contribution in [0.2, 0.25) is 10.0 Å². The SMILES string of the molecule is CC(C)n1nccc1NC(=O)CSc1nnc(-c2ccc(Cl)cc2Cl)n1-c1ccccc1. The number of para-hydroxylation sites is 1. The summed E-state index contributed by atoms with van der Waals surface area (Å²) in [5, 5.41) is 17.4. The van der Waals surface area contributed by atoms with E-state index in [4.69, 9.17) is 23.2 Å². The van der Waals surface area contributed by atoms with Crippen molar-refractivity contribution >= 4 is 46.7 Å². The first kappa shape index (κ1) is 22.4. The van der Waals surface area contributed by atoms with Crippen molar-refractivity contribution in [3.05, 3.63) is 70.8 Å². The Balaban J connectivity index is 1.61. The number of amides is 1. The highest BCUT2D eigenvalue weighted by molar-refractivity contribution is 7.99. The van der Waals surface area contributed by atoms with E-state index in [0.29, 0.717) is 32.4 Å². The lowest BCUT2D eigenvalue weighted by atomic mass is 10.2. The molecule has 0 aliphatic heterocycles. The van der Waals surface area contributed by atoms with Crippen LogP contribution < -0.4 is 5.32 Å². The molecule has 32 heavy (non-hydrogen) atoms. The Morgan fingerprint density at radius 2 is 1.88 bits per heavy atom. The van der Waals surface area contributed by atoms with Crippen LogP contribution >= 0.6 is 35.0 Å². The number of anilines is 1. The van der Waals surface area contributed by atoms with E-state index in [1.807, 2.05) is 54.8 Å². The summed E-state index contributed by atoms with van der Waals surface area (Å²) >= 11 is 13.8. The van der Waals surface area contributed by atoms with Gasteiger partial charge in [-0.15, -0.1) is 10.2 Å². The average molecular weight is 487 g/mol. The Morgan fingerprint density at radius 1 is 1.09 bits per heavy atom. The van der Waals surface area contributed by atoms with Gasteiger partial charge in [0.15, 0.2) is 11.0 Å². The molecule has 7 nitrogen and oxygen atoms in total. The van der Waals surface area contributed by atoms with Gasteiger partial charge in [-0.2, -0.15) is 5.10 Å². The summed E-state index contributed by atoms with van der Waals surface area (Å²) in [4.78, 5) is 12.6.